The van der Waals surface area contributed by atoms with Gasteiger partial charge in [0, 0.05) is 6.42 Å². The Hall–Kier alpha value is -1.97. The largest absolute Gasteiger partial charge is 0.488 e. The smallest absolute Gasteiger partial charge is 0.190 e. The summed E-state index contributed by atoms with van der Waals surface area (Å²) in [5.41, 5.74) is 2.24. The van der Waals surface area contributed by atoms with Gasteiger partial charge < -0.3 is 4.74 Å². The Bertz CT molecular complexity index is 556. The molecule has 0 aliphatic carbocycles. The van der Waals surface area contributed by atoms with Crippen LogP contribution in [-0.2, 0) is 0 Å². The molecule has 0 unspecified atom stereocenters. The molecule has 2 rings (SSSR count). The summed E-state index contributed by atoms with van der Waals surface area (Å²) in [5, 5.41) is 0. The molecule has 0 aliphatic heterocycles. The molecule has 0 bridgehead atoms. The summed E-state index contributed by atoms with van der Waals surface area (Å²) in [6.45, 7) is 1.31. The van der Waals surface area contributed by atoms with Crippen molar-refractivity contribution in [2.45, 2.75) is 13.3 Å². The predicted molar refractivity (Wildman–Crippen MR) is 72.6 cm³/mol. The number of hydrogen-bond donors (Lipinski definition) is 0. The predicted octanol–water partition coefficient (Wildman–Crippen LogP) is 4.68. The Morgan fingerprint density at radius 1 is 0.950 bits per heavy atom. The van der Waals surface area contributed by atoms with Gasteiger partial charge in [-0.3, -0.25) is 4.39 Å². The molecule has 0 amide bonds. The minimum atomic E-state index is -0.778. The van der Waals surface area contributed by atoms with Crippen LogP contribution in [0.4, 0.5) is 13.2 Å². The van der Waals surface area contributed by atoms with E-state index in [0.29, 0.717) is 5.56 Å². The van der Waals surface area contributed by atoms with Gasteiger partial charge in [0.1, 0.15) is 0 Å². The molecule has 0 spiro atoms. The Balaban J connectivity index is 2.27. The van der Waals surface area contributed by atoms with Crippen molar-refractivity contribution in [2.24, 2.45) is 0 Å². The summed E-state index contributed by atoms with van der Waals surface area (Å²) >= 11 is 0. The summed E-state index contributed by atoms with van der Waals surface area (Å²) in [7, 11) is 0. The molecule has 0 atom stereocenters. The average molecular weight is 280 g/mol. The zero-order valence-electron chi connectivity index (χ0n) is 11.1. The zero-order chi connectivity index (χ0) is 14.5. The van der Waals surface area contributed by atoms with Crippen LogP contribution in [0.5, 0.6) is 5.75 Å². The van der Waals surface area contributed by atoms with Gasteiger partial charge in [-0.15, -0.1) is 0 Å². The molecule has 0 saturated heterocycles. The molecule has 0 heterocycles. The normalized spacial score (nSPS) is 10.6. The SMILES string of the molecule is Cc1ccc(-c2cc(F)c(OCCCF)c(F)c2)cc1. The molecule has 0 aromatic heterocycles. The van der Waals surface area contributed by atoms with E-state index in [2.05, 4.69) is 0 Å². The van der Waals surface area contributed by atoms with Gasteiger partial charge in [-0.2, -0.15) is 0 Å². The van der Waals surface area contributed by atoms with Gasteiger partial charge in [0.05, 0.1) is 13.3 Å². The first-order valence-corrected chi connectivity index (χ1v) is 6.36. The highest BCUT2D eigenvalue weighted by molar-refractivity contribution is 5.65. The lowest BCUT2D eigenvalue weighted by atomic mass is 10.0. The fourth-order valence-electron chi connectivity index (χ4n) is 1.84. The van der Waals surface area contributed by atoms with Gasteiger partial charge in [0.25, 0.3) is 0 Å². The number of ether oxygens (including phenoxy) is 1. The van der Waals surface area contributed by atoms with Crippen molar-refractivity contribution in [1.29, 1.82) is 0 Å². The third-order valence-corrected chi connectivity index (χ3v) is 2.91. The van der Waals surface area contributed by atoms with Crippen molar-refractivity contribution >= 4 is 0 Å². The Kier molecular flexibility index (Phi) is 4.66. The van der Waals surface area contributed by atoms with Crippen LogP contribution in [0.25, 0.3) is 11.1 Å². The molecule has 0 radical (unpaired) electrons. The second kappa shape index (κ2) is 6.46. The van der Waals surface area contributed by atoms with E-state index in [1.807, 2.05) is 19.1 Å². The summed E-state index contributed by atoms with van der Waals surface area (Å²) in [6, 6.07) is 9.78. The molecule has 0 saturated carbocycles. The fraction of sp³-hybridized carbons (Fsp3) is 0.250. The van der Waals surface area contributed by atoms with Crippen LogP contribution in [0.1, 0.15) is 12.0 Å². The second-order valence-electron chi connectivity index (χ2n) is 4.53. The standard InChI is InChI=1S/C16H15F3O/c1-11-3-5-12(6-4-11)13-9-14(18)16(15(19)10-13)20-8-2-7-17/h3-6,9-10H,2,7-8H2,1H3. The third kappa shape index (κ3) is 3.32. The van der Waals surface area contributed by atoms with Crippen molar-refractivity contribution in [2.75, 3.05) is 13.3 Å². The molecular weight excluding hydrogens is 265 g/mol. The lowest BCUT2D eigenvalue weighted by molar-refractivity contribution is 0.265. The summed E-state index contributed by atoms with van der Waals surface area (Å²) < 4.78 is 44.6. The van der Waals surface area contributed by atoms with Crippen LogP contribution in [0.3, 0.4) is 0 Å². The third-order valence-electron chi connectivity index (χ3n) is 2.91. The molecule has 0 N–H and O–H groups in total. The van der Waals surface area contributed by atoms with E-state index in [4.69, 9.17) is 4.74 Å². The van der Waals surface area contributed by atoms with Crippen molar-refractivity contribution in [3.8, 4) is 16.9 Å². The van der Waals surface area contributed by atoms with Crippen molar-refractivity contribution in [1.82, 2.24) is 0 Å². The molecule has 1 nitrogen and oxygen atoms in total. The lowest BCUT2D eigenvalue weighted by Gasteiger charge is -2.10. The van der Waals surface area contributed by atoms with Gasteiger partial charge in [-0.05, 0) is 30.2 Å². The first kappa shape index (κ1) is 14.4. The quantitative estimate of drug-likeness (QED) is 0.723. The van der Waals surface area contributed by atoms with Gasteiger partial charge in [-0.25, -0.2) is 8.78 Å². The van der Waals surface area contributed by atoms with Gasteiger partial charge >= 0.3 is 0 Å². The van der Waals surface area contributed by atoms with Crippen LogP contribution in [0.15, 0.2) is 36.4 Å². The van der Waals surface area contributed by atoms with Gasteiger partial charge in [0.15, 0.2) is 17.4 Å². The van der Waals surface area contributed by atoms with E-state index < -0.39 is 24.1 Å². The van der Waals surface area contributed by atoms with E-state index in [1.165, 1.54) is 12.1 Å². The molecule has 2 aromatic rings. The van der Waals surface area contributed by atoms with E-state index in [1.54, 1.807) is 12.1 Å². The zero-order valence-corrected chi connectivity index (χ0v) is 11.1. The maximum atomic E-state index is 13.8. The van der Waals surface area contributed by atoms with Crippen LogP contribution >= 0.6 is 0 Å². The fourth-order valence-corrected chi connectivity index (χ4v) is 1.84. The summed E-state index contributed by atoms with van der Waals surface area (Å²) in [5.74, 6) is -2.01. The number of aryl methyl sites for hydroxylation is 1. The van der Waals surface area contributed by atoms with E-state index >= 15 is 0 Å². The second-order valence-corrected chi connectivity index (χ2v) is 4.53. The minimum absolute atomic E-state index is 0.0474. The molecule has 0 aliphatic rings. The number of benzene rings is 2. The maximum absolute atomic E-state index is 13.8. The molecule has 2 aromatic carbocycles. The van der Waals surface area contributed by atoms with Crippen LogP contribution < -0.4 is 4.74 Å². The van der Waals surface area contributed by atoms with Crippen LogP contribution in [0, 0.1) is 18.6 Å². The van der Waals surface area contributed by atoms with Crippen LogP contribution in [0.2, 0.25) is 0 Å². The molecule has 0 fully saturated rings. The molecule has 20 heavy (non-hydrogen) atoms. The first-order chi connectivity index (χ1) is 9.61. The lowest BCUT2D eigenvalue weighted by Crippen LogP contribution is -2.02. The first-order valence-electron chi connectivity index (χ1n) is 6.36. The van der Waals surface area contributed by atoms with Crippen LogP contribution in [-0.4, -0.2) is 13.3 Å². The highest BCUT2D eigenvalue weighted by Gasteiger charge is 2.13. The Morgan fingerprint density at radius 3 is 2.10 bits per heavy atom. The number of alkyl halides is 1. The number of rotatable bonds is 5. The van der Waals surface area contributed by atoms with Crippen molar-refractivity contribution in [3.63, 3.8) is 0 Å². The molecule has 106 valence electrons. The van der Waals surface area contributed by atoms with E-state index in [9.17, 15) is 13.2 Å². The average Bonchev–Trinajstić information content (AvgIpc) is 2.42. The van der Waals surface area contributed by atoms with Crippen molar-refractivity contribution in [3.05, 3.63) is 53.6 Å². The molecule has 4 heteroatoms. The topological polar surface area (TPSA) is 9.23 Å². The summed E-state index contributed by atoms with van der Waals surface area (Å²) in [4.78, 5) is 0. The van der Waals surface area contributed by atoms with Crippen molar-refractivity contribution < 1.29 is 17.9 Å². The highest BCUT2D eigenvalue weighted by Crippen LogP contribution is 2.29. The maximum Gasteiger partial charge on any atom is 0.190 e. The molecular formula is C16H15F3O. The van der Waals surface area contributed by atoms with Gasteiger partial charge in [0.2, 0.25) is 0 Å². The Morgan fingerprint density at radius 2 is 1.55 bits per heavy atom. The number of halogens is 3. The van der Waals surface area contributed by atoms with E-state index in [0.717, 1.165) is 11.1 Å². The monoisotopic (exact) mass is 280 g/mol. The Labute approximate surface area is 116 Å². The van der Waals surface area contributed by atoms with E-state index in [-0.39, 0.29) is 13.0 Å². The number of hydrogen-bond acceptors (Lipinski definition) is 1. The summed E-state index contributed by atoms with van der Waals surface area (Å²) in [6.07, 6.45) is 0.110. The van der Waals surface area contributed by atoms with Gasteiger partial charge in [-0.1, -0.05) is 29.8 Å². The highest BCUT2D eigenvalue weighted by atomic mass is 19.1. The minimum Gasteiger partial charge on any atom is -0.488 e.